The maximum atomic E-state index is 6.13. The SMILES string of the molecule is CC1(CC(N)c2cc(Cl)c(Br)s2)CC1. The molecule has 1 heterocycles. The Balaban J connectivity index is 2.06. The molecule has 1 aliphatic carbocycles. The van der Waals surface area contributed by atoms with Gasteiger partial charge in [0.05, 0.1) is 8.81 Å². The Morgan fingerprint density at radius 2 is 2.36 bits per heavy atom. The lowest BCUT2D eigenvalue weighted by molar-refractivity contribution is 0.460. The van der Waals surface area contributed by atoms with Crippen LogP contribution in [0.25, 0.3) is 0 Å². The van der Waals surface area contributed by atoms with Gasteiger partial charge in [-0.05, 0) is 46.7 Å². The maximum Gasteiger partial charge on any atom is 0.0887 e. The topological polar surface area (TPSA) is 26.0 Å². The number of halogens is 2. The van der Waals surface area contributed by atoms with Gasteiger partial charge in [-0.15, -0.1) is 11.3 Å². The average molecular weight is 295 g/mol. The fourth-order valence-corrected chi connectivity index (χ4v) is 3.34. The highest BCUT2D eigenvalue weighted by Gasteiger charge is 2.38. The van der Waals surface area contributed by atoms with Gasteiger partial charge in [-0.3, -0.25) is 0 Å². The minimum absolute atomic E-state index is 0.149. The Labute approximate surface area is 102 Å². The molecule has 0 aliphatic heterocycles. The van der Waals surface area contributed by atoms with E-state index in [0.29, 0.717) is 5.41 Å². The van der Waals surface area contributed by atoms with Crippen molar-refractivity contribution in [3.63, 3.8) is 0 Å². The molecule has 2 N–H and O–H groups in total. The van der Waals surface area contributed by atoms with Gasteiger partial charge in [0.2, 0.25) is 0 Å². The highest BCUT2D eigenvalue weighted by Crippen LogP contribution is 2.51. The Morgan fingerprint density at radius 3 is 2.79 bits per heavy atom. The fourth-order valence-electron chi connectivity index (χ4n) is 1.60. The summed E-state index contributed by atoms with van der Waals surface area (Å²) in [7, 11) is 0. The molecular formula is C10H13BrClNS. The predicted molar refractivity (Wildman–Crippen MR) is 65.9 cm³/mol. The summed E-state index contributed by atoms with van der Waals surface area (Å²) in [5.41, 5.74) is 6.64. The second-order valence-electron chi connectivity index (χ2n) is 4.39. The van der Waals surface area contributed by atoms with E-state index in [1.165, 1.54) is 17.7 Å². The second-order valence-corrected chi connectivity index (χ2v) is 7.20. The summed E-state index contributed by atoms with van der Waals surface area (Å²) in [6.07, 6.45) is 3.72. The van der Waals surface area contributed by atoms with Crippen molar-refractivity contribution in [1.82, 2.24) is 0 Å². The first-order valence-electron chi connectivity index (χ1n) is 4.70. The highest BCUT2D eigenvalue weighted by atomic mass is 79.9. The smallest absolute Gasteiger partial charge is 0.0887 e. The molecule has 0 saturated heterocycles. The third-order valence-electron chi connectivity index (χ3n) is 2.85. The maximum absolute atomic E-state index is 6.13. The van der Waals surface area contributed by atoms with Crippen LogP contribution in [0.15, 0.2) is 9.85 Å². The van der Waals surface area contributed by atoms with E-state index < -0.39 is 0 Å². The number of nitrogens with two attached hydrogens (primary N) is 1. The Bertz CT molecular complexity index is 326. The van der Waals surface area contributed by atoms with Crippen LogP contribution in [0.2, 0.25) is 5.02 Å². The molecule has 14 heavy (non-hydrogen) atoms. The van der Waals surface area contributed by atoms with Crippen LogP contribution in [0.5, 0.6) is 0 Å². The first kappa shape index (κ1) is 10.9. The van der Waals surface area contributed by atoms with Crippen molar-refractivity contribution in [2.75, 3.05) is 0 Å². The van der Waals surface area contributed by atoms with E-state index in [2.05, 4.69) is 22.9 Å². The van der Waals surface area contributed by atoms with Crippen molar-refractivity contribution >= 4 is 38.9 Å². The average Bonchev–Trinajstić information content (AvgIpc) is 2.71. The minimum Gasteiger partial charge on any atom is -0.323 e. The van der Waals surface area contributed by atoms with E-state index in [4.69, 9.17) is 17.3 Å². The van der Waals surface area contributed by atoms with Gasteiger partial charge in [-0.1, -0.05) is 18.5 Å². The van der Waals surface area contributed by atoms with Crippen molar-refractivity contribution in [3.8, 4) is 0 Å². The van der Waals surface area contributed by atoms with Gasteiger partial charge in [0, 0.05) is 10.9 Å². The zero-order valence-corrected chi connectivity index (χ0v) is 11.2. The number of thiophene rings is 1. The molecule has 1 nitrogen and oxygen atoms in total. The van der Waals surface area contributed by atoms with Gasteiger partial charge in [0.25, 0.3) is 0 Å². The Morgan fingerprint density at radius 1 is 1.71 bits per heavy atom. The number of rotatable bonds is 3. The summed E-state index contributed by atoms with van der Waals surface area (Å²) >= 11 is 11.0. The van der Waals surface area contributed by atoms with Gasteiger partial charge in [0.15, 0.2) is 0 Å². The van der Waals surface area contributed by atoms with Crippen molar-refractivity contribution in [3.05, 3.63) is 19.8 Å². The lowest BCUT2D eigenvalue weighted by Gasteiger charge is -2.14. The van der Waals surface area contributed by atoms with Crippen LogP contribution in [-0.2, 0) is 0 Å². The quantitative estimate of drug-likeness (QED) is 0.881. The lowest BCUT2D eigenvalue weighted by atomic mass is 9.99. The number of hydrogen-bond donors (Lipinski definition) is 1. The molecule has 2 rings (SSSR count). The summed E-state index contributed by atoms with van der Waals surface area (Å²) in [5, 5.41) is 0.779. The van der Waals surface area contributed by atoms with E-state index in [1.54, 1.807) is 11.3 Å². The number of hydrogen-bond acceptors (Lipinski definition) is 2. The molecule has 4 heteroatoms. The largest absolute Gasteiger partial charge is 0.323 e. The second kappa shape index (κ2) is 3.78. The van der Waals surface area contributed by atoms with Crippen LogP contribution in [-0.4, -0.2) is 0 Å². The molecule has 1 atom stereocenters. The van der Waals surface area contributed by atoms with E-state index in [0.717, 1.165) is 15.2 Å². The Kier molecular flexibility index (Phi) is 2.95. The molecule has 1 fully saturated rings. The third kappa shape index (κ3) is 2.32. The molecule has 0 radical (unpaired) electrons. The Hall–Kier alpha value is 0.430. The summed E-state index contributed by atoms with van der Waals surface area (Å²) < 4.78 is 0.991. The van der Waals surface area contributed by atoms with Crippen LogP contribution in [0.4, 0.5) is 0 Å². The minimum atomic E-state index is 0.149. The molecule has 0 amide bonds. The van der Waals surface area contributed by atoms with Gasteiger partial charge in [-0.25, -0.2) is 0 Å². The van der Waals surface area contributed by atoms with Crippen molar-refractivity contribution in [1.29, 1.82) is 0 Å². The highest BCUT2D eigenvalue weighted by molar-refractivity contribution is 9.11. The van der Waals surface area contributed by atoms with Crippen LogP contribution >= 0.6 is 38.9 Å². The molecular weight excluding hydrogens is 282 g/mol. The van der Waals surface area contributed by atoms with Crippen LogP contribution in [0.1, 0.15) is 37.1 Å². The summed E-state index contributed by atoms with van der Waals surface area (Å²) in [6.45, 7) is 2.30. The molecule has 1 unspecified atom stereocenters. The zero-order chi connectivity index (χ0) is 10.3. The summed E-state index contributed by atoms with van der Waals surface area (Å²) in [5.74, 6) is 0. The van der Waals surface area contributed by atoms with E-state index >= 15 is 0 Å². The third-order valence-corrected chi connectivity index (χ3v) is 5.45. The molecule has 1 saturated carbocycles. The van der Waals surface area contributed by atoms with E-state index in [1.807, 2.05) is 6.07 Å². The first-order valence-corrected chi connectivity index (χ1v) is 6.69. The van der Waals surface area contributed by atoms with Gasteiger partial charge in [0.1, 0.15) is 0 Å². The van der Waals surface area contributed by atoms with Crippen molar-refractivity contribution < 1.29 is 0 Å². The van der Waals surface area contributed by atoms with Crippen LogP contribution in [0.3, 0.4) is 0 Å². The normalized spacial score (nSPS) is 20.9. The zero-order valence-electron chi connectivity index (χ0n) is 8.02. The summed E-state index contributed by atoms with van der Waals surface area (Å²) in [6, 6.07) is 2.13. The molecule has 0 aromatic carbocycles. The van der Waals surface area contributed by atoms with E-state index in [9.17, 15) is 0 Å². The molecule has 1 aliphatic rings. The standard InChI is InChI=1S/C10H13BrClNS/c1-10(2-3-10)5-7(13)8-4-6(12)9(11)14-8/h4,7H,2-3,5,13H2,1H3. The van der Waals surface area contributed by atoms with Gasteiger partial charge in [-0.2, -0.15) is 0 Å². The fraction of sp³-hybridized carbons (Fsp3) is 0.600. The predicted octanol–water partition coefficient (Wildman–Crippen LogP) is 4.35. The lowest BCUT2D eigenvalue weighted by Crippen LogP contribution is -2.13. The van der Waals surface area contributed by atoms with Crippen molar-refractivity contribution in [2.24, 2.45) is 11.1 Å². The molecule has 0 bridgehead atoms. The van der Waals surface area contributed by atoms with Gasteiger partial charge >= 0.3 is 0 Å². The first-order chi connectivity index (χ1) is 6.50. The summed E-state index contributed by atoms with van der Waals surface area (Å²) in [4.78, 5) is 1.19. The van der Waals surface area contributed by atoms with Crippen molar-refractivity contribution in [2.45, 2.75) is 32.2 Å². The monoisotopic (exact) mass is 293 g/mol. The molecule has 1 aromatic rings. The van der Waals surface area contributed by atoms with Crippen LogP contribution in [0, 0.1) is 5.41 Å². The van der Waals surface area contributed by atoms with E-state index in [-0.39, 0.29) is 6.04 Å². The molecule has 0 spiro atoms. The van der Waals surface area contributed by atoms with Gasteiger partial charge < -0.3 is 5.73 Å². The molecule has 1 aromatic heterocycles. The molecule has 78 valence electrons. The van der Waals surface area contributed by atoms with Crippen LogP contribution < -0.4 is 5.73 Å².